The Morgan fingerprint density at radius 2 is 2.00 bits per heavy atom. The molecule has 0 spiro atoms. The molecule has 4 heteroatoms. The van der Waals surface area contributed by atoms with Gasteiger partial charge in [-0.05, 0) is 48.3 Å². The quantitative estimate of drug-likeness (QED) is 0.732. The molecule has 2 heterocycles. The number of aromatic nitrogens is 2. The van der Waals surface area contributed by atoms with Crippen LogP contribution < -0.4 is 4.90 Å². The van der Waals surface area contributed by atoms with Crippen LogP contribution in [0.3, 0.4) is 0 Å². The van der Waals surface area contributed by atoms with Crippen molar-refractivity contribution >= 4 is 32.7 Å². The van der Waals surface area contributed by atoms with E-state index in [1.54, 1.807) is 6.33 Å². The fraction of sp³-hybridized carbons (Fsp3) is 0.556. The Hall–Kier alpha value is -1.16. The van der Waals surface area contributed by atoms with E-state index in [-0.39, 0.29) is 0 Å². The SMILES string of the molecule is CC1(C)C[C@@H]2C[C@@](C)(CN2c2ncnc3ccc(Br)cc23)C1. The van der Waals surface area contributed by atoms with Crippen LogP contribution in [0.1, 0.15) is 40.0 Å². The highest BCUT2D eigenvalue weighted by Crippen LogP contribution is 2.53. The highest BCUT2D eigenvalue weighted by atomic mass is 79.9. The first kappa shape index (κ1) is 14.4. The molecule has 3 nitrogen and oxygen atoms in total. The molecule has 2 aromatic rings. The maximum Gasteiger partial charge on any atom is 0.140 e. The molecule has 0 unspecified atom stereocenters. The zero-order valence-electron chi connectivity index (χ0n) is 13.4. The fourth-order valence-electron chi connectivity index (χ4n) is 4.95. The summed E-state index contributed by atoms with van der Waals surface area (Å²) in [6.07, 6.45) is 5.55. The van der Waals surface area contributed by atoms with Crippen LogP contribution in [0.2, 0.25) is 0 Å². The standard InChI is InChI=1S/C18H22BrN3/c1-17(2)7-13-8-18(3,9-17)10-22(13)16-14-6-12(19)4-5-15(14)20-11-21-16/h4-6,11,13H,7-10H2,1-3H3/t13-,18-/m1/s1. The van der Waals surface area contributed by atoms with Crippen molar-refractivity contribution in [1.29, 1.82) is 0 Å². The minimum absolute atomic E-state index is 0.412. The highest BCUT2D eigenvalue weighted by Gasteiger charge is 2.50. The summed E-state index contributed by atoms with van der Waals surface area (Å²) in [7, 11) is 0. The van der Waals surface area contributed by atoms with E-state index in [9.17, 15) is 0 Å². The minimum atomic E-state index is 0.412. The van der Waals surface area contributed by atoms with Crippen molar-refractivity contribution in [3.05, 3.63) is 29.0 Å². The van der Waals surface area contributed by atoms with E-state index in [2.05, 4.69) is 63.7 Å². The van der Waals surface area contributed by atoms with E-state index in [4.69, 9.17) is 0 Å². The van der Waals surface area contributed by atoms with Crippen LogP contribution >= 0.6 is 15.9 Å². The lowest BCUT2D eigenvalue weighted by molar-refractivity contribution is 0.136. The zero-order chi connectivity index (χ0) is 15.5. The summed E-state index contributed by atoms with van der Waals surface area (Å²) in [5, 5.41) is 1.16. The minimum Gasteiger partial charge on any atom is -0.352 e. The maximum atomic E-state index is 4.66. The van der Waals surface area contributed by atoms with Gasteiger partial charge in [-0.2, -0.15) is 0 Å². The van der Waals surface area contributed by atoms with Gasteiger partial charge in [-0.1, -0.05) is 36.7 Å². The van der Waals surface area contributed by atoms with Crippen molar-refractivity contribution in [2.24, 2.45) is 10.8 Å². The van der Waals surface area contributed by atoms with E-state index in [1.807, 2.05) is 6.07 Å². The molecule has 2 aliphatic rings. The topological polar surface area (TPSA) is 29.0 Å². The van der Waals surface area contributed by atoms with Gasteiger partial charge in [-0.3, -0.25) is 0 Å². The van der Waals surface area contributed by atoms with Crippen LogP contribution in [0, 0.1) is 10.8 Å². The molecule has 1 aliphatic heterocycles. The molecule has 1 aromatic heterocycles. The molecule has 1 saturated heterocycles. The zero-order valence-corrected chi connectivity index (χ0v) is 15.0. The molecule has 2 atom stereocenters. The Balaban J connectivity index is 1.82. The number of nitrogens with zero attached hydrogens (tertiary/aromatic N) is 3. The molecule has 2 bridgehead atoms. The lowest BCUT2D eigenvalue weighted by Gasteiger charge is -2.39. The molecule has 116 valence electrons. The summed E-state index contributed by atoms with van der Waals surface area (Å²) in [5.41, 5.74) is 1.87. The first-order valence-electron chi connectivity index (χ1n) is 8.02. The Morgan fingerprint density at radius 3 is 2.82 bits per heavy atom. The third kappa shape index (κ3) is 2.32. The summed E-state index contributed by atoms with van der Waals surface area (Å²) >= 11 is 3.59. The smallest absolute Gasteiger partial charge is 0.140 e. The van der Waals surface area contributed by atoms with Gasteiger partial charge in [0.05, 0.1) is 5.52 Å². The van der Waals surface area contributed by atoms with Gasteiger partial charge in [-0.15, -0.1) is 0 Å². The van der Waals surface area contributed by atoms with E-state index < -0.39 is 0 Å². The molecule has 0 N–H and O–H groups in total. The molecule has 1 saturated carbocycles. The summed E-state index contributed by atoms with van der Waals surface area (Å²) in [6.45, 7) is 8.38. The lowest BCUT2D eigenvalue weighted by Crippen LogP contribution is -2.35. The average molecular weight is 360 g/mol. The summed E-state index contributed by atoms with van der Waals surface area (Å²) in [4.78, 5) is 11.6. The Bertz CT molecular complexity index is 742. The molecule has 2 fully saturated rings. The summed E-state index contributed by atoms with van der Waals surface area (Å²) in [6, 6.07) is 6.87. The van der Waals surface area contributed by atoms with Crippen molar-refractivity contribution in [2.75, 3.05) is 11.4 Å². The predicted octanol–water partition coefficient (Wildman–Crippen LogP) is 4.80. The Labute approximate surface area is 140 Å². The molecule has 4 rings (SSSR count). The number of hydrogen-bond acceptors (Lipinski definition) is 3. The van der Waals surface area contributed by atoms with Crippen molar-refractivity contribution in [1.82, 2.24) is 9.97 Å². The Morgan fingerprint density at radius 1 is 1.18 bits per heavy atom. The van der Waals surface area contributed by atoms with Gasteiger partial charge in [0.25, 0.3) is 0 Å². The number of anilines is 1. The van der Waals surface area contributed by atoms with Crippen LogP contribution in [0.5, 0.6) is 0 Å². The second-order valence-electron chi connectivity index (χ2n) is 8.20. The monoisotopic (exact) mass is 359 g/mol. The van der Waals surface area contributed by atoms with Crippen molar-refractivity contribution in [3.63, 3.8) is 0 Å². The van der Waals surface area contributed by atoms with Crippen molar-refractivity contribution in [3.8, 4) is 0 Å². The van der Waals surface area contributed by atoms with E-state index in [0.717, 1.165) is 27.7 Å². The van der Waals surface area contributed by atoms with Crippen LogP contribution in [0.25, 0.3) is 10.9 Å². The van der Waals surface area contributed by atoms with E-state index in [1.165, 1.54) is 19.3 Å². The molecule has 22 heavy (non-hydrogen) atoms. The van der Waals surface area contributed by atoms with Gasteiger partial charge < -0.3 is 4.90 Å². The predicted molar refractivity (Wildman–Crippen MR) is 94.1 cm³/mol. The number of rotatable bonds is 1. The fourth-order valence-corrected chi connectivity index (χ4v) is 5.31. The van der Waals surface area contributed by atoms with E-state index >= 15 is 0 Å². The summed E-state index contributed by atoms with van der Waals surface area (Å²) in [5.74, 6) is 1.11. The average Bonchev–Trinajstić information content (AvgIpc) is 2.67. The van der Waals surface area contributed by atoms with Crippen LogP contribution in [0.4, 0.5) is 5.82 Å². The third-order valence-electron chi connectivity index (χ3n) is 5.26. The second-order valence-corrected chi connectivity index (χ2v) is 9.12. The number of hydrogen-bond donors (Lipinski definition) is 0. The molecular weight excluding hydrogens is 338 g/mol. The third-order valence-corrected chi connectivity index (χ3v) is 5.76. The molecule has 1 aromatic carbocycles. The molecule has 1 aliphatic carbocycles. The highest BCUT2D eigenvalue weighted by molar-refractivity contribution is 9.10. The van der Waals surface area contributed by atoms with Crippen molar-refractivity contribution < 1.29 is 0 Å². The number of benzene rings is 1. The normalized spacial score (nSPS) is 30.0. The van der Waals surface area contributed by atoms with Gasteiger partial charge in [-0.25, -0.2) is 9.97 Å². The van der Waals surface area contributed by atoms with E-state index in [0.29, 0.717) is 16.9 Å². The van der Waals surface area contributed by atoms with Crippen molar-refractivity contribution in [2.45, 2.75) is 46.1 Å². The largest absolute Gasteiger partial charge is 0.352 e. The first-order valence-corrected chi connectivity index (χ1v) is 8.82. The molecular formula is C18H22BrN3. The Kier molecular flexibility index (Phi) is 3.06. The van der Waals surface area contributed by atoms with Crippen LogP contribution in [-0.4, -0.2) is 22.6 Å². The van der Waals surface area contributed by atoms with Crippen LogP contribution in [-0.2, 0) is 0 Å². The second kappa shape index (κ2) is 4.67. The van der Waals surface area contributed by atoms with Gasteiger partial charge in [0.2, 0.25) is 0 Å². The first-order chi connectivity index (χ1) is 10.4. The van der Waals surface area contributed by atoms with Gasteiger partial charge >= 0.3 is 0 Å². The molecule has 0 radical (unpaired) electrons. The molecule has 0 amide bonds. The maximum absolute atomic E-state index is 4.66. The number of fused-ring (bicyclic) bond motifs is 3. The van der Waals surface area contributed by atoms with Gasteiger partial charge in [0.1, 0.15) is 12.1 Å². The van der Waals surface area contributed by atoms with Gasteiger partial charge in [0, 0.05) is 22.4 Å². The van der Waals surface area contributed by atoms with Crippen LogP contribution in [0.15, 0.2) is 29.0 Å². The van der Waals surface area contributed by atoms with Gasteiger partial charge in [0.15, 0.2) is 0 Å². The number of halogens is 1. The lowest BCUT2D eigenvalue weighted by atomic mass is 9.65. The summed E-state index contributed by atoms with van der Waals surface area (Å²) < 4.78 is 1.09.